The normalized spacial score (nSPS) is 19.2. The number of hydrogen-bond acceptors (Lipinski definition) is 1. The largest absolute Gasteiger partial charge is 0.288 e. The molecule has 1 nitrogen and oxygen atoms in total. The van der Waals surface area contributed by atoms with Crippen LogP contribution in [0.4, 0.5) is 0 Å². The van der Waals surface area contributed by atoms with Crippen molar-refractivity contribution in [3.63, 3.8) is 0 Å². The van der Waals surface area contributed by atoms with Gasteiger partial charge < -0.3 is 0 Å². The summed E-state index contributed by atoms with van der Waals surface area (Å²) in [6, 6.07) is 0. The fourth-order valence-corrected chi connectivity index (χ4v) is 0.849. The van der Waals surface area contributed by atoms with Crippen molar-refractivity contribution in [2.75, 3.05) is 0 Å². The highest BCUT2D eigenvalue weighted by atomic mass is 35.5. The van der Waals surface area contributed by atoms with Crippen LogP contribution in [-0.2, 0) is 4.79 Å². The molecule has 1 rings (SSSR count). The molecule has 0 spiro atoms. The van der Waals surface area contributed by atoms with Crippen LogP contribution in [-0.4, -0.2) is 5.78 Å². The summed E-state index contributed by atoms with van der Waals surface area (Å²) in [6.45, 7) is 0. The van der Waals surface area contributed by atoms with Gasteiger partial charge in [0.2, 0.25) is 0 Å². The third-order valence-electron chi connectivity index (χ3n) is 1.16. The summed E-state index contributed by atoms with van der Waals surface area (Å²) in [5, 5.41) is 0.351. The predicted octanol–water partition coefficient (Wildman–Crippen LogP) is 2.03. The highest BCUT2D eigenvalue weighted by molar-refractivity contribution is 6.44. The third-order valence-corrected chi connectivity index (χ3v) is 1.50. The minimum atomic E-state index is -0.0748. The van der Waals surface area contributed by atoms with Crippen molar-refractivity contribution in [1.82, 2.24) is 0 Å². The molecule has 0 unspecified atom stereocenters. The van der Waals surface area contributed by atoms with Crippen molar-refractivity contribution in [2.24, 2.45) is 0 Å². The highest BCUT2D eigenvalue weighted by Crippen LogP contribution is 2.10. The number of halogens is 1. The van der Waals surface area contributed by atoms with Gasteiger partial charge in [-0.3, -0.25) is 4.79 Å². The Morgan fingerprint density at radius 1 is 1.44 bits per heavy atom. The van der Waals surface area contributed by atoms with Gasteiger partial charge in [-0.2, -0.15) is 0 Å². The van der Waals surface area contributed by atoms with Crippen LogP contribution in [0.3, 0.4) is 0 Å². The lowest BCUT2D eigenvalue weighted by atomic mass is 10.3. The van der Waals surface area contributed by atoms with E-state index in [2.05, 4.69) is 0 Å². The molecule has 0 N–H and O–H groups in total. The van der Waals surface area contributed by atoms with E-state index in [1.54, 1.807) is 6.08 Å². The second-order valence-corrected chi connectivity index (χ2v) is 2.30. The van der Waals surface area contributed by atoms with Crippen LogP contribution in [0.15, 0.2) is 23.3 Å². The number of rotatable bonds is 0. The average molecular weight is 143 g/mol. The number of ketones is 1. The van der Waals surface area contributed by atoms with E-state index in [9.17, 15) is 4.79 Å². The summed E-state index contributed by atoms with van der Waals surface area (Å²) >= 11 is 5.53. The van der Waals surface area contributed by atoms with Crippen molar-refractivity contribution in [2.45, 2.75) is 12.8 Å². The van der Waals surface area contributed by atoms with Gasteiger partial charge in [0.25, 0.3) is 0 Å². The lowest BCUT2D eigenvalue weighted by Gasteiger charge is -1.84. The van der Waals surface area contributed by atoms with E-state index in [-0.39, 0.29) is 5.78 Å². The van der Waals surface area contributed by atoms with Crippen LogP contribution in [0.2, 0.25) is 0 Å². The van der Waals surface area contributed by atoms with E-state index in [0.717, 1.165) is 12.8 Å². The fraction of sp³-hybridized carbons (Fsp3) is 0.286. The maximum absolute atomic E-state index is 10.7. The van der Waals surface area contributed by atoms with Crippen LogP contribution in [0.25, 0.3) is 0 Å². The summed E-state index contributed by atoms with van der Waals surface area (Å²) in [5.41, 5.74) is 0. The maximum Gasteiger partial charge on any atom is 0.196 e. The van der Waals surface area contributed by atoms with Crippen LogP contribution in [0.1, 0.15) is 12.8 Å². The minimum absolute atomic E-state index is 0.0748. The summed E-state index contributed by atoms with van der Waals surface area (Å²) < 4.78 is 0. The Morgan fingerprint density at radius 2 is 2.22 bits per heavy atom. The lowest BCUT2D eigenvalue weighted by molar-refractivity contribution is -0.110. The Labute approximate surface area is 59.0 Å². The fourth-order valence-electron chi connectivity index (χ4n) is 0.677. The topological polar surface area (TPSA) is 17.1 Å². The van der Waals surface area contributed by atoms with Gasteiger partial charge in [-0.15, -0.1) is 0 Å². The number of hydrogen-bond donors (Lipinski definition) is 0. The van der Waals surface area contributed by atoms with Crippen molar-refractivity contribution in [1.29, 1.82) is 0 Å². The van der Waals surface area contributed by atoms with Crippen LogP contribution in [0, 0.1) is 0 Å². The predicted molar refractivity (Wildman–Crippen MR) is 37.3 cm³/mol. The smallest absolute Gasteiger partial charge is 0.196 e. The van der Waals surface area contributed by atoms with E-state index in [0.29, 0.717) is 5.03 Å². The third kappa shape index (κ3) is 1.68. The molecule has 0 saturated carbocycles. The molecular formula is C7H7ClO. The van der Waals surface area contributed by atoms with Crippen LogP contribution in [0.5, 0.6) is 0 Å². The monoisotopic (exact) mass is 142 g/mol. The van der Waals surface area contributed by atoms with E-state index < -0.39 is 0 Å². The van der Waals surface area contributed by atoms with Crippen molar-refractivity contribution in [3.8, 4) is 0 Å². The Balaban J connectivity index is 2.78. The van der Waals surface area contributed by atoms with Gasteiger partial charge in [-0.1, -0.05) is 23.8 Å². The highest BCUT2D eigenvalue weighted by Gasteiger charge is 2.02. The zero-order valence-corrected chi connectivity index (χ0v) is 5.69. The first-order valence-electron chi connectivity index (χ1n) is 2.87. The van der Waals surface area contributed by atoms with Crippen LogP contribution < -0.4 is 0 Å². The molecule has 0 aromatic rings. The molecule has 0 radical (unpaired) electrons. The Morgan fingerprint density at radius 3 is 3.00 bits per heavy atom. The molecule has 0 aromatic carbocycles. The molecule has 2 heteroatoms. The molecule has 9 heavy (non-hydrogen) atoms. The van der Waals surface area contributed by atoms with Gasteiger partial charge in [0.05, 0.1) is 5.03 Å². The molecular weight excluding hydrogens is 136 g/mol. The van der Waals surface area contributed by atoms with Gasteiger partial charge >= 0.3 is 0 Å². The second kappa shape index (κ2) is 2.83. The van der Waals surface area contributed by atoms with E-state index >= 15 is 0 Å². The maximum atomic E-state index is 10.7. The SMILES string of the molecule is O=C1C=CCCC=C1Cl. The van der Waals surface area contributed by atoms with E-state index in [1.165, 1.54) is 6.08 Å². The molecule has 0 amide bonds. The van der Waals surface area contributed by atoms with Gasteiger partial charge in [0.15, 0.2) is 5.78 Å². The van der Waals surface area contributed by atoms with Crippen molar-refractivity contribution >= 4 is 17.4 Å². The number of allylic oxidation sites excluding steroid dienone is 4. The molecule has 0 bridgehead atoms. The van der Waals surface area contributed by atoms with E-state index in [1.807, 2.05) is 6.08 Å². The molecule has 0 atom stereocenters. The summed E-state index contributed by atoms with van der Waals surface area (Å²) in [7, 11) is 0. The van der Waals surface area contributed by atoms with Crippen molar-refractivity contribution < 1.29 is 4.79 Å². The molecule has 0 aliphatic heterocycles. The summed E-state index contributed by atoms with van der Waals surface area (Å²) in [5.74, 6) is -0.0748. The number of carbonyl (C=O) groups is 1. The molecule has 1 aliphatic carbocycles. The lowest BCUT2D eigenvalue weighted by Crippen LogP contribution is -1.88. The van der Waals surface area contributed by atoms with Crippen LogP contribution >= 0.6 is 11.6 Å². The van der Waals surface area contributed by atoms with Gasteiger partial charge in [0.1, 0.15) is 0 Å². The first kappa shape index (κ1) is 6.56. The van der Waals surface area contributed by atoms with Gasteiger partial charge in [-0.25, -0.2) is 0 Å². The molecule has 0 heterocycles. The average Bonchev–Trinajstić information content (AvgIpc) is 1.99. The molecule has 0 saturated heterocycles. The second-order valence-electron chi connectivity index (χ2n) is 1.90. The van der Waals surface area contributed by atoms with E-state index in [4.69, 9.17) is 11.6 Å². The summed E-state index contributed by atoms with van der Waals surface area (Å²) in [4.78, 5) is 10.7. The number of carbonyl (C=O) groups excluding carboxylic acids is 1. The zero-order valence-electron chi connectivity index (χ0n) is 4.93. The quantitative estimate of drug-likeness (QED) is 0.506. The Bertz CT molecular complexity index is 179. The Kier molecular flexibility index (Phi) is 2.06. The van der Waals surface area contributed by atoms with Gasteiger partial charge in [-0.05, 0) is 18.9 Å². The zero-order chi connectivity index (χ0) is 6.69. The molecule has 1 aliphatic rings. The molecule has 0 aromatic heterocycles. The molecule has 0 fully saturated rings. The van der Waals surface area contributed by atoms with Gasteiger partial charge in [0, 0.05) is 0 Å². The standard InChI is InChI=1S/C7H7ClO/c8-6-4-2-1-3-5-7(6)9/h3-5H,1-2H2. The minimum Gasteiger partial charge on any atom is -0.288 e. The Hall–Kier alpha value is -0.560. The first-order valence-corrected chi connectivity index (χ1v) is 3.25. The first-order chi connectivity index (χ1) is 4.30. The molecule has 48 valence electrons. The van der Waals surface area contributed by atoms with Crippen molar-refractivity contribution in [3.05, 3.63) is 23.3 Å². The summed E-state index contributed by atoms with van der Waals surface area (Å²) in [6.07, 6.45) is 6.91.